The molecule has 0 saturated carbocycles. The number of hydrogen-bond acceptors (Lipinski definition) is 5. The van der Waals surface area contributed by atoms with Gasteiger partial charge in [0.2, 0.25) is 5.91 Å². The molecule has 0 rings (SSSR count). The van der Waals surface area contributed by atoms with Gasteiger partial charge in [-0.2, -0.15) is 0 Å². The van der Waals surface area contributed by atoms with E-state index < -0.39 is 20.0 Å². The zero-order chi connectivity index (χ0) is 63.4. The number of phosphoric ester groups is 1. The number of likely N-dealkylation sites (N-methyl/N-ethyl adjacent to an activating group) is 1. The molecular weight excluding hydrogens is 1090 g/mol. The SMILES string of the molecule is CC/C=C\C/C=C\C/C=C\C/C=C\C/C=C\CCCCCCCCCCCCCCCCCCCCCCCCCCCC(=O)NC(COP(=O)(O)OCC[N+](C)(C)C)C(O)/C=C/CCCCCCCCCCCCCCCCCCCCCCCC. The molecule has 3 atom stereocenters. The fourth-order valence-electron chi connectivity index (χ4n) is 11.4. The average Bonchev–Trinajstić information content (AvgIpc) is 3.71. The lowest BCUT2D eigenvalue weighted by atomic mass is 10.0. The quantitative estimate of drug-likeness (QED) is 0.0243. The maximum absolute atomic E-state index is 13.1. The van der Waals surface area contributed by atoms with Crippen LogP contribution in [0.1, 0.15) is 367 Å². The third-order valence-electron chi connectivity index (χ3n) is 17.2. The third kappa shape index (κ3) is 71.2. The van der Waals surface area contributed by atoms with Gasteiger partial charge in [0.05, 0.1) is 39.9 Å². The van der Waals surface area contributed by atoms with Gasteiger partial charge < -0.3 is 19.8 Å². The molecule has 3 unspecified atom stereocenters. The normalized spacial score (nSPS) is 14.0. The summed E-state index contributed by atoms with van der Waals surface area (Å²) in [5, 5.41) is 14.0. The van der Waals surface area contributed by atoms with Crippen molar-refractivity contribution < 1.29 is 32.9 Å². The molecule has 8 nitrogen and oxygen atoms in total. The van der Waals surface area contributed by atoms with Crippen molar-refractivity contribution in [2.75, 3.05) is 40.9 Å². The van der Waals surface area contributed by atoms with E-state index in [1.165, 1.54) is 276 Å². The van der Waals surface area contributed by atoms with Crippen LogP contribution in [0.2, 0.25) is 0 Å². The summed E-state index contributed by atoms with van der Waals surface area (Å²) in [6, 6.07) is -0.848. The minimum atomic E-state index is -4.35. The molecule has 0 bridgehead atoms. The monoisotopic (exact) mass is 1240 g/mol. The molecule has 1 amide bonds. The minimum absolute atomic E-state index is 0.0627. The Morgan fingerprint density at radius 3 is 1.01 bits per heavy atom. The Bertz CT molecular complexity index is 1650. The lowest BCUT2D eigenvalue weighted by Gasteiger charge is -2.25. The van der Waals surface area contributed by atoms with Crippen LogP contribution in [0.3, 0.4) is 0 Å². The maximum atomic E-state index is 13.1. The van der Waals surface area contributed by atoms with Crippen LogP contribution in [-0.4, -0.2) is 73.4 Å². The lowest BCUT2D eigenvalue weighted by molar-refractivity contribution is -0.870. The number of hydrogen-bond donors (Lipinski definition) is 3. The standard InChI is InChI=1S/C78H147N2O6P/c1-6-8-10-12-14-16-18-20-22-24-26-28-30-32-33-34-35-36-37-38-39-40-41-42-43-44-45-46-47-48-50-52-54-56-58-60-62-64-66-68-70-72-78(82)79-76(75-86-87(83,84)85-74-73-80(3,4)5)77(81)71-69-67-65-63-61-59-57-55-53-51-49-31-29-27-25-23-21-19-17-15-13-11-9-7-2/h8,10,14,16,20,22,26,28,32-33,69,71,76-77,81H,6-7,9,11-13,15,17-19,21,23-25,27,29-31,34-68,70,72-75H2,1-5H3,(H-,79,82,83,84)/p+1/b10-8-,16-14-,22-20-,28-26-,33-32-,71-69+. The molecule has 0 radical (unpaired) electrons. The van der Waals surface area contributed by atoms with Crippen LogP contribution in [0.25, 0.3) is 0 Å². The first-order valence-corrected chi connectivity index (χ1v) is 39.3. The van der Waals surface area contributed by atoms with Gasteiger partial charge in [-0.1, -0.05) is 369 Å². The van der Waals surface area contributed by atoms with Crippen LogP contribution < -0.4 is 5.32 Å². The number of phosphoric acid groups is 1. The molecule has 0 spiro atoms. The van der Waals surface area contributed by atoms with Gasteiger partial charge in [0, 0.05) is 6.42 Å². The zero-order valence-electron chi connectivity index (χ0n) is 58.5. The predicted octanol–water partition coefficient (Wildman–Crippen LogP) is 24.5. The topological polar surface area (TPSA) is 105 Å². The highest BCUT2D eigenvalue weighted by Crippen LogP contribution is 2.43. The summed E-state index contributed by atoms with van der Waals surface area (Å²) < 4.78 is 23.9. The molecule has 0 aromatic rings. The summed E-state index contributed by atoms with van der Waals surface area (Å²) in [6.45, 7) is 4.75. The molecule has 3 N–H and O–H groups in total. The largest absolute Gasteiger partial charge is 0.472 e. The van der Waals surface area contributed by atoms with Crippen LogP contribution in [-0.2, 0) is 18.4 Å². The molecule has 0 aromatic heterocycles. The number of amides is 1. The Labute approximate surface area is 542 Å². The van der Waals surface area contributed by atoms with Crippen LogP contribution in [0.4, 0.5) is 0 Å². The van der Waals surface area contributed by atoms with Crippen molar-refractivity contribution in [3.05, 3.63) is 72.9 Å². The summed E-state index contributed by atoms with van der Waals surface area (Å²) in [6.07, 6.45) is 96.5. The number of allylic oxidation sites excluding steroid dienone is 11. The fraction of sp³-hybridized carbons (Fsp3) is 0.833. The molecule has 0 saturated heterocycles. The molecule has 0 aromatic carbocycles. The van der Waals surface area contributed by atoms with Crippen molar-refractivity contribution in [2.24, 2.45) is 0 Å². The summed E-state index contributed by atoms with van der Waals surface area (Å²) in [5.74, 6) is -0.170. The fourth-order valence-corrected chi connectivity index (χ4v) is 12.1. The van der Waals surface area contributed by atoms with Crippen molar-refractivity contribution in [1.29, 1.82) is 0 Å². The summed E-state index contributed by atoms with van der Waals surface area (Å²) in [5.41, 5.74) is 0. The van der Waals surface area contributed by atoms with E-state index in [1.807, 2.05) is 27.2 Å². The number of carbonyl (C=O) groups is 1. The van der Waals surface area contributed by atoms with E-state index in [1.54, 1.807) is 6.08 Å². The van der Waals surface area contributed by atoms with Crippen molar-refractivity contribution in [1.82, 2.24) is 5.32 Å². The summed E-state index contributed by atoms with van der Waals surface area (Å²) >= 11 is 0. The van der Waals surface area contributed by atoms with E-state index in [0.717, 1.165) is 70.6 Å². The van der Waals surface area contributed by atoms with Crippen LogP contribution in [0.15, 0.2) is 72.9 Å². The van der Waals surface area contributed by atoms with E-state index >= 15 is 0 Å². The molecule has 87 heavy (non-hydrogen) atoms. The number of nitrogens with zero attached hydrogens (tertiary/aromatic N) is 1. The van der Waals surface area contributed by atoms with Crippen molar-refractivity contribution in [2.45, 2.75) is 379 Å². The Balaban J connectivity index is 3.93. The Kier molecular flexibility index (Phi) is 66.7. The van der Waals surface area contributed by atoms with Gasteiger partial charge in [0.15, 0.2) is 0 Å². The first kappa shape index (κ1) is 84.9. The second kappa shape index (κ2) is 68.3. The second-order valence-corrected chi connectivity index (χ2v) is 28.5. The van der Waals surface area contributed by atoms with Crippen molar-refractivity contribution in [3.63, 3.8) is 0 Å². The van der Waals surface area contributed by atoms with E-state index in [2.05, 4.69) is 79.9 Å². The van der Waals surface area contributed by atoms with Crippen molar-refractivity contribution >= 4 is 13.7 Å². The van der Waals surface area contributed by atoms with Crippen molar-refractivity contribution in [3.8, 4) is 0 Å². The third-order valence-corrected chi connectivity index (χ3v) is 18.2. The smallest absolute Gasteiger partial charge is 0.387 e. The van der Waals surface area contributed by atoms with Crippen LogP contribution in [0.5, 0.6) is 0 Å². The minimum Gasteiger partial charge on any atom is -0.387 e. The summed E-state index contributed by atoms with van der Waals surface area (Å²) in [4.78, 5) is 23.5. The van der Waals surface area contributed by atoms with Gasteiger partial charge in [-0.3, -0.25) is 13.8 Å². The number of nitrogens with one attached hydrogen (secondary N) is 1. The Hall–Kier alpha value is -2.06. The van der Waals surface area contributed by atoms with Gasteiger partial charge in [-0.15, -0.1) is 0 Å². The maximum Gasteiger partial charge on any atom is 0.472 e. The molecule has 510 valence electrons. The number of aliphatic hydroxyl groups is 1. The predicted molar refractivity (Wildman–Crippen MR) is 383 cm³/mol. The molecule has 0 aliphatic rings. The molecule has 9 heteroatoms. The lowest BCUT2D eigenvalue weighted by Crippen LogP contribution is -2.45. The van der Waals surface area contributed by atoms with Crippen LogP contribution in [0, 0.1) is 0 Å². The number of rotatable bonds is 70. The first-order chi connectivity index (χ1) is 42.5. The molecule has 0 heterocycles. The van der Waals surface area contributed by atoms with Gasteiger partial charge in [0.1, 0.15) is 13.2 Å². The molecule has 0 aliphatic heterocycles. The van der Waals surface area contributed by atoms with Crippen LogP contribution >= 0.6 is 7.82 Å². The van der Waals surface area contributed by atoms with E-state index in [9.17, 15) is 19.4 Å². The second-order valence-electron chi connectivity index (χ2n) is 27.0. The zero-order valence-corrected chi connectivity index (χ0v) is 59.4. The molecule has 0 aliphatic carbocycles. The highest BCUT2D eigenvalue weighted by Gasteiger charge is 2.28. The average molecular weight is 1240 g/mol. The number of unbranched alkanes of at least 4 members (excludes halogenated alkanes) is 47. The van der Waals surface area contributed by atoms with Gasteiger partial charge in [-0.05, 0) is 64.2 Å². The van der Waals surface area contributed by atoms with Gasteiger partial charge >= 0.3 is 7.82 Å². The first-order valence-electron chi connectivity index (χ1n) is 37.8. The number of aliphatic hydroxyl groups excluding tert-OH is 1. The Morgan fingerprint density at radius 2 is 0.690 bits per heavy atom. The van der Waals surface area contributed by atoms with Gasteiger partial charge in [-0.25, -0.2) is 4.57 Å². The number of quaternary nitrogens is 1. The van der Waals surface area contributed by atoms with E-state index in [0.29, 0.717) is 17.4 Å². The Morgan fingerprint density at radius 1 is 0.402 bits per heavy atom. The van der Waals surface area contributed by atoms with Gasteiger partial charge in [0.25, 0.3) is 0 Å². The molecule has 0 fully saturated rings. The van der Waals surface area contributed by atoms with E-state index in [4.69, 9.17) is 9.05 Å². The highest BCUT2D eigenvalue weighted by molar-refractivity contribution is 7.47. The summed E-state index contributed by atoms with van der Waals surface area (Å²) in [7, 11) is 1.59. The van der Waals surface area contributed by atoms with E-state index in [-0.39, 0.29) is 19.1 Å². The highest BCUT2D eigenvalue weighted by atomic mass is 31.2. The molecular formula is C78H148N2O6P+. The number of carbonyl (C=O) groups excluding carboxylic acids is 1.